The Morgan fingerprint density at radius 1 is 0.971 bits per heavy atom. The van der Waals surface area contributed by atoms with Gasteiger partial charge in [0, 0.05) is 7.05 Å². The van der Waals surface area contributed by atoms with Gasteiger partial charge < -0.3 is 19.5 Å². The zero-order valence-corrected chi connectivity index (χ0v) is 20.4. The first kappa shape index (κ1) is 24.0. The molecule has 4 aromatic rings. The van der Waals surface area contributed by atoms with Gasteiger partial charge in [-0.25, -0.2) is 9.78 Å². The fourth-order valence-electron chi connectivity index (χ4n) is 4.32. The second kappa shape index (κ2) is 10.4. The molecule has 0 fully saturated rings. The number of nitrogens with one attached hydrogen (secondary N) is 1. The summed E-state index contributed by atoms with van der Waals surface area (Å²) < 4.78 is 7.28. The number of para-hydroxylation sites is 4. The van der Waals surface area contributed by atoms with Gasteiger partial charge in [-0.3, -0.25) is 4.79 Å². The number of nitrogens with zero attached hydrogens (tertiary/aromatic N) is 3. The van der Waals surface area contributed by atoms with Gasteiger partial charge in [-0.2, -0.15) is 0 Å². The second-order valence-electron chi connectivity index (χ2n) is 8.38. The summed E-state index contributed by atoms with van der Waals surface area (Å²) in [5.41, 5.74) is 3.03. The number of amides is 2. The van der Waals surface area contributed by atoms with E-state index in [9.17, 15) is 9.59 Å². The van der Waals surface area contributed by atoms with Gasteiger partial charge in [-0.05, 0) is 50.6 Å². The highest BCUT2D eigenvalue weighted by Gasteiger charge is 2.31. The van der Waals surface area contributed by atoms with E-state index in [0.717, 1.165) is 11.1 Å². The number of carbonyl (C=O) groups excluding carboxylic acids is 1. The maximum Gasteiger partial charge on any atom is 0.323 e. The van der Waals surface area contributed by atoms with Crippen LogP contribution in [0.15, 0.2) is 83.7 Å². The number of hydrogen-bond acceptors (Lipinski definition) is 4. The van der Waals surface area contributed by atoms with E-state index < -0.39 is 6.04 Å². The minimum absolute atomic E-state index is 0.232. The molecule has 7 heteroatoms. The van der Waals surface area contributed by atoms with Gasteiger partial charge in [0.15, 0.2) is 0 Å². The van der Waals surface area contributed by atoms with Crippen LogP contribution in [-0.2, 0) is 7.05 Å². The predicted molar refractivity (Wildman–Crippen MR) is 139 cm³/mol. The lowest BCUT2D eigenvalue weighted by atomic mass is 10.0. The number of urea groups is 1. The number of aromatic nitrogens is 2. The van der Waals surface area contributed by atoms with Crippen molar-refractivity contribution < 1.29 is 9.53 Å². The Labute approximate surface area is 205 Å². The van der Waals surface area contributed by atoms with Gasteiger partial charge in [0.05, 0.1) is 35.4 Å². The van der Waals surface area contributed by atoms with Crippen LogP contribution in [0.2, 0.25) is 0 Å². The molecule has 4 rings (SSSR count). The van der Waals surface area contributed by atoms with Gasteiger partial charge >= 0.3 is 6.03 Å². The number of anilines is 1. The maximum absolute atomic E-state index is 13.8. The van der Waals surface area contributed by atoms with Crippen molar-refractivity contribution in [1.29, 1.82) is 0 Å². The molecule has 1 heterocycles. The third kappa shape index (κ3) is 4.89. The average Bonchev–Trinajstić information content (AvgIpc) is 2.88. The van der Waals surface area contributed by atoms with Crippen molar-refractivity contribution in [2.45, 2.75) is 32.9 Å². The molecule has 0 spiro atoms. The monoisotopic (exact) mass is 470 g/mol. The molecule has 35 heavy (non-hydrogen) atoms. The summed E-state index contributed by atoms with van der Waals surface area (Å²) in [4.78, 5) is 33.5. The van der Waals surface area contributed by atoms with Crippen LogP contribution in [0, 0.1) is 0 Å². The molecule has 1 N–H and O–H groups in total. The van der Waals surface area contributed by atoms with Gasteiger partial charge in [0.1, 0.15) is 11.4 Å². The molecule has 1 unspecified atom stereocenters. The maximum atomic E-state index is 13.8. The average molecular weight is 471 g/mol. The van der Waals surface area contributed by atoms with E-state index in [-0.39, 0.29) is 17.6 Å². The summed E-state index contributed by atoms with van der Waals surface area (Å²) in [6, 6.07) is 23.3. The zero-order chi connectivity index (χ0) is 24.9. The molecule has 2 atom stereocenters. The van der Waals surface area contributed by atoms with E-state index in [0.29, 0.717) is 29.3 Å². The van der Waals surface area contributed by atoms with Crippen molar-refractivity contribution in [3.05, 3.63) is 100 Å². The number of ether oxygens (including phenoxy) is 1. The number of rotatable bonds is 7. The van der Waals surface area contributed by atoms with Crippen molar-refractivity contribution in [3.8, 4) is 5.75 Å². The normalized spacial score (nSPS) is 12.7. The summed E-state index contributed by atoms with van der Waals surface area (Å²) in [5.74, 6) is 0.586. The standard InChI is InChI=1S/C28H30N4O3/c1-5-35-25-18-12-10-16-23(25)30-28(34)32(19(2)21-13-7-6-8-14-21)20(3)26-27(33)31(4)24-17-11-9-15-22(24)29-26/h6-20H,5H2,1-4H3,(H,30,34)/t19-,20?/m1/s1. The Balaban J connectivity index is 1.78. The molecule has 7 nitrogen and oxygen atoms in total. The molecular weight excluding hydrogens is 440 g/mol. The Bertz CT molecular complexity index is 1380. The molecule has 0 bridgehead atoms. The fourth-order valence-corrected chi connectivity index (χ4v) is 4.32. The molecule has 0 saturated carbocycles. The van der Waals surface area contributed by atoms with Crippen LogP contribution in [0.4, 0.5) is 10.5 Å². The minimum atomic E-state index is -0.604. The van der Waals surface area contributed by atoms with Gasteiger partial charge in [0.2, 0.25) is 0 Å². The van der Waals surface area contributed by atoms with E-state index in [1.165, 1.54) is 0 Å². The van der Waals surface area contributed by atoms with Crippen LogP contribution >= 0.6 is 0 Å². The number of hydrogen-bond donors (Lipinski definition) is 1. The Kier molecular flexibility index (Phi) is 7.15. The zero-order valence-electron chi connectivity index (χ0n) is 20.4. The number of benzene rings is 3. The van der Waals surface area contributed by atoms with E-state index in [1.54, 1.807) is 22.6 Å². The van der Waals surface area contributed by atoms with Crippen molar-refractivity contribution in [2.75, 3.05) is 11.9 Å². The van der Waals surface area contributed by atoms with Crippen LogP contribution in [-0.4, -0.2) is 27.1 Å². The summed E-state index contributed by atoms with van der Waals surface area (Å²) in [6.45, 7) is 6.16. The SMILES string of the molecule is CCOc1ccccc1NC(=O)N(C(C)c1nc2ccccc2n(C)c1=O)[C@H](C)c1ccccc1. The number of carbonyl (C=O) groups is 1. The van der Waals surface area contributed by atoms with E-state index in [1.807, 2.05) is 93.6 Å². The molecule has 3 aromatic carbocycles. The highest BCUT2D eigenvalue weighted by atomic mass is 16.5. The quantitative estimate of drug-likeness (QED) is 0.377. The topological polar surface area (TPSA) is 76.5 Å². The second-order valence-corrected chi connectivity index (χ2v) is 8.38. The van der Waals surface area contributed by atoms with E-state index in [2.05, 4.69) is 10.3 Å². The summed E-state index contributed by atoms with van der Waals surface area (Å²) >= 11 is 0. The third-order valence-corrected chi connectivity index (χ3v) is 6.18. The molecule has 0 aliphatic carbocycles. The summed E-state index contributed by atoms with van der Waals surface area (Å²) in [6.07, 6.45) is 0. The first-order valence-corrected chi connectivity index (χ1v) is 11.7. The van der Waals surface area contributed by atoms with Crippen molar-refractivity contribution >= 4 is 22.8 Å². The lowest BCUT2D eigenvalue weighted by Crippen LogP contribution is -2.42. The number of aryl methyl sites for hydroxylation is 1. The number of fused-ring (bicyclic) bond motifs is 1. The molecule has 180 valence electrons. The van der Waals surface area contributed by atoms with Crippen LogP contribution in [0.5, 0.6) is 5.75 Å². The lowest BCUT2D eigenvalue weighted by molar-refractivity contribution is 0.165. The lowest BCUT2D eigenvalue weighted by Gasteiger charge is -2.34. The van der Waals surface area contributed by atoms with Crippen molar-refractivity contribution in [3.63, 3.8) is 0 Å². The molecule has 1 aromatic heterocycles. The molecule has 0 saturated heterocycles. The summed E-state index contributed by atoms with van der Waals surface area (Å²) in [5, 5.41) is 2.99. The van der Waals surface area contributed by atoms with Gasteiger partial charge in [-0.15, -0.1) is 0 Å². The van der Waals surface area contributed by atoms with E-state index >= 15 is 0 Å². The highest BCUT2D eigenvalue weighted by Crippen LogP contribution is 2.31. The predicted octanol–water partition coefficient (Wildman–Crippen LogP) is 5.69. The first-order valence-electron chi connectivity index (χ1n) is 11.7. The Hall–Kier alpha value is -4.13. The Morgan fingerprint density at radius 3 is 2.37 bits per heavy atom. The molecular formula is C28H30N4O3. The van der Waals surface area contributed by atoms with Crippen LogP contribution in [0.3, 0.4) is 0 Å². The third-order valence-electron chi connectivity index (χ3n) is 6.18. The minimum Gasteiger partial charge on any atom is -0.492 e. The smallest absolute Gasteiger partial charge is 0.323 e. The fraction of sp³-hybridized carbons (Fsp3) is 0.250. The molecule has 0 aliphatic heterocycles. The largest absolute Gasteiger partial charge is 0.492 e. The molecule has 0 aliphatic rings. The first-order chi connectivity index (χ1) is 16.9. The molecule has 2 amide bonds. The molecule has 0 radical (unpaired) electrons. The van der Waals surface area contributed by atoms with Crippen molar-refractivity contribution in [2.24, 2.45) is 7.05 Å². The highest BCUT2D eigenvalue weighted by molar-refractivity contribution is 5.91. The van der Waals surface area contributed by atoms with Crippen molar-refractivity contribution in [1.82, 2.24) is 14.5 Å². The van der Waals surface area contributed by atoms with Gasteiger partial charge in [-0.1, -0.05) is 54.6 Å². The van der Waals surface area contributed by atoms with Crippen LogP contribution in [0.25, 0.3) is 11.0 Å². The Morgan fingerprint density at radius 2 is 1.63 bits per heavy atom. The van der Waals surface area contributed by atoms with Crippen LogP contribution < -0.4 is 15.6 Å². The van der Waals surface area contributed by atoms with Gasteiger partial charge in [0.25, 0.3) is 5.56 Å². The van der Waals surface area contributed by atoms with Crippen LogP contribution in [0.1, 0.15) is 44.1 Å². The summed E-state index contributed by atoms with van der Waals surface area (Å²) in [7, 11) is 1.73. The van der Waals surface area contributed by atoms with E-state index in [4.69, 9.17) is 4.74 Å².